The molecule has 1 aromatic heterocycles. The summed E-state index contributed by atoms with van der Waals surface area (Å²) in [5.74, 6) is 0.785. The zero-order chi connectivity index (χ0) is 10.6. The Balaban J connectivity index is 2.53. The van der Waals surface area contributed by atoms with Gasteiger partial charge in [0.2, 0.25) is 0 Å². The highest BCUT2D eigenvalue weighted by molar-refractivity contribution is 7.12. The van der Waals surface area contributed by atoms with Crippen molar-refractivity contribution in [3.8, 4) is 0 Å². The third kappa shape index (κ3) is 3.10. The molecular formula is C12H21NS. The van der Waals surface area contributed by atoms with Gasteiger partial charge in [0.15, 0.2) is 0 Å². The average molecular weight is 211 g/mol. The van der Waals surface area contributed by atoms with Gasteiger partial charge in [-0.1, -0.05) is 26.7 Å². The first-order chi connectivity index (χ1) is 6.67. The van der Waals surface area contributed by atoms with Crippen LogP contribution in [0.25, 0.3) is 0 Å². The van der Waals surface area contributed by atoms with Crippen LogP contribution < -0.4 is 5.73 Å². The molecule has 0 aromatic carbocycles. The van der Waals surface area contributed by atoms with E-state index in [1.807, 2.05) is 11.3 Å². The smallest absolute Gasteiger partial charge is 0.0392 e. The van der Waals surface area contributed by atoms with E-state index < -0.39 is 0 Å². The molecule has 0 radical (unpaired) electrons. The summed E-state index contributed by atoms with van der Waals surface area (Å²) in [4.78, 5) is 2.70. The van der Waals surface area contributed by atoms with Crippen molar-refractivity contribution < 1.29 is 0 Å². The van der Waals surface area contributed by atoms with Crippen molar-refractivity contribution in [1.82, 2.24) is 0 Å². The minimum absolute atomic E-state index is 0.249. The molecule has 0 bridgehead atoms. The molecule has 0 aliphatic rings. The fourth-order valence-corrected chi connectivity index (χ4v) is 2.64. The van der Waals surface area contributed by atoms with Crippen LogP contribution in [0, 0.1) is 12.8 Å². The van der Waals surface area contributed by atoms with Crippen LogP contribution in [-0.4, -0.2) is 0 Å². The highest BCUT2D eigenvalue weighted by Gasteiger charge is 2.13. The number of nitrogens with two attached hydrogens (primary N) is 1. The Kier molecular flexibility index (Phi) is 4.63. The van der Waals surface area contributed by atoms with Crippen LogP contribution in [-0.2, 0) is 0 Å². The number of hydrogen-bond donors (Lipinski definition) is 1. The monoisotopic (exact) mass is 211 g/mol. The van der Waals surface area contributed by atoms with Gasteiger partial charge in [-0.25, -0.2) is 0 Å². The highest BCUT2D eigenvalue weighted by Crippen LogP contribution is 2.27. The average Bonchev–Trinajstić information content (AvgIpc) is 2.61. The largest absolute Gasteiger partial charge is 0.323 e. The summed E-state index contributed by atoms with van der Waals surface area (Å²) in [6.45, 7) is 6.64. The predicted octanol–water partition coefficient (Wildman–Crippen LogP) is 3.88. The zero-order valence-electron chi connectivity index (χ0n) is 9.42. The van der Waals surface area contributed by atoms with E-state index in [2.05, 4.69) is 32.9 Å². The third-order valence-corrected chi connectivity index (χ3v) is 4.00. The first kappa shape index (κ1) is 11.7. The van der Waals surface area contributed by atoms with Gasteiger partial charge in [0.05, 0.1) is 0 Å². The lowest BCUT2D eigenvalue weighted by molar-refractivity contribution is 0.417. The van der Waals surface area contributed by atoms with E-state index in [0.717, 1.165) is 12.3 Å². The van der Waals surface area contributed by atoms with E-state index in [0.29, 0.717) is 0 Å². The highest BCUT2D eigenvalue weighted by atomic mass is 32.1. The van der Waals surface area contributed by atoms with Crippen LogP contribution >= 0.6 is 11.3 Å². The standard InChI is InChI=1S/C12H21NS/c1-4-10(5-2)8-11(13)12-7-6-9(3)14-12/h6-7,10-11H,4-5,8,13H2,1-3H3/t11-/m1/s1. The molecule has 1 rings (SSSR count). The van der Waals surface area contributed by atoms with E-state index in [-0.39, 0.29) is 6.04 Å². The van der Waals surface area contributed by atoms with Crippen LogP contribution in [0.5, 0.6) is 0 Å². The second-order valence-corrected chi connectivity index (χ2v) is 5.29. The van der Waals surface area contributed by atoms with Crippen molar-refractivity contribution in [3.05, 3.63) is 21.9 Å². The van der Waals surface area contributed by atoms with E-state index in [1.165, 1.54) is 22.6 Å². The second kappa shape index (κ2) is 5.52. The van der Waals surface area contributed by atoms with Gasteiger partial charge in [0.25, 0.3) is 0 Å². The summed E-state index contributed by atoms with van der Waals surface area (Å²) in [6, 6.07) is 4.58. The molecule has 0 amide bonds. The molecule has 1 aromatic rings. The minimum Gasteiger partial charge on any atom is -0.323 e. The maximum Gasteiger partial charge on any atom is 0.0392 e. The first-order valence-corrected chi connectivity index (χ1v) is 6.30. The summed E-state index contributed by atoms with van der Waals surface area (Å²) in [5, 5.41) is 0. The van der Waals surface area contributed by atoms with E-state index in [1.54, 1.807) is 0 Å². The van der Waals surface area contributed by atoms with E-state index in [4.69, 9.17) is 5.73 Å². The Hall–Kier alpha value is -0.340. The molecule has 80 valence electrons. The third-order valence-electron chi connectivity index (χ3n) is 2.87. The number of thiophene rings is 1. The first-order valence-electron chi connectivity index (χ1n) is 5.49. The van der Waals surface area contributed by atoms with Gasteiger partial charge in [-0.3, -0.25) is 0 Å². The fraction of sp³-hybridized carbons (Fsp3) is 0.667. The lowest BCUT2D eigenvalue weighted by atomic mass is 9.94. The van der Waals surface area contributed by atoms with Crippen LogP contribution in [0.1, 0.15) is 48.9 Å². The Labute approximate surface area is 91.3 Å². The van der Waals surface area contributed by atoms with Gasteiger partial charge in [-0.05, 0) is 31.4 Å². The minimum atomic E-state index is 0.249. The molecule has 0 aliphatic heterocycles. The van der Waals surface area contributed by atoms with Gasteiger partial charge in [0, 0.05) is 15.8 Å². The fourth-order valence-electron chi connectivity index (χ4n) is 1.75. The van der Waals surface area contributed by atoms with Gasteiger partial charge in [-0.15, -0.1) is 11.3 Å². The van der Waals surface area contributed by atoms with Crippen LogP contribution in [0.2, 0.25) is 0 Å². The van der Waals surface area contributed by atoms with E-state index >= 15 is 0 Å². The maximum absolute atomic E-state index is 6.17. The molecular weight excluding hydrogens is 190 g/mol. The molecule has 0 fully saturated rings. The number of rotatable bonds is 5. The molecule has 1 nitrogen and oxygen atoms in total. The van der Waals surface area contributed by atoms with Crippen molar-refractivity contribution in [2.24, 2.45) is 11.7 Å². The molecule has 0 aliphatic carbocycles. The summed E-state index contributed by atoms with van der Waals surface area (Å²) in [5.41, 5.74) is 6.17. The molecule has 0 saturated heterocycles. The summed E-state index contributed by atoms with van der Waals surface area (Å²) in [7, 11) is 0. The lowest BCUT2D eigenvalue weighted by Crippen LogP contribution is -2.13. The maximum atomic E-state index is 6.17. The SMILES string of the molecule is CCC(CC)C[C@@H](N)c1ccc(C)s1. The molecule has 1 atom stereocenters. The predicted molar refractivity (Wildman–Crippen MR) is 64.7 cm³/mol. The van der Waals surface area contributed by atoms with Gasteiger partial charge in [-0.2, -0.15) is 0 Å². The Bertz CT molecular complexity index is 263. The molecule has 0 saturated carbocycles. The van der Waals surface area contributed by atoms with Gasteiger partial charge in [0.1, 0.15) is 0 Å². The van der Waals surface area contributed by atoms with Crippen molar-refractivity contribution in [1.29, 1.82) is 0 Å². The van der Waals surface area contributed by atoms with Crippen molar-refractivity contribution >= 4 is 11.3 Å². The molecule has 1 heterocycles. The zero-order valence-corrected chi connectivity index (χ0v) is 10.2. The summed E-state index contributed by atoms with van der Waals surface area (Å²) in [6.07, 6.45) is 3.62. The quantitative estimate of drug-likeness (QED) is 0.786. The van der Waals surface area contributed by atoms with Crippen LogP contribution in [0.4, 0.5) is 0 Å². The van der Waals surface area contributed by atoms with Crippen molar-refractivity contribution in [2.75, 3.05) is 0 Å². The van der Waals surface area contributed by atoms with Gasteiger partial charge < -0.3 is 5.73 Å². The molecule has 0 unspecified atom stereocenters. The summed E-state index contributed by atoms with van der Waals surface area (Å²) < 4.78 is 0. The Morgan fingerprint density at radius 2 is 1.93 bits per heavy atom. The number of hydrogen-bond acceptors (Lipinski definition) is 2. The van der Waals surface area contributed by atoms with Crippen molar-refractivity contribution in [2.45, 2.75) is 46.1 Å². The second-order valence-electron chi connectivity index (χ2n) is 3.97. The normalized spacial score (nSPS) is 13.5. The topological polar surface area (TPSA) is 26.0 Å². The Morgan fingerprint density at radius 1 is 1.29 bits per heavy atom. The van der Waals surface area contributed by atoms with Crippen LogP contribution in [0.3, 0.4) is 0 Å². The molecule has 2 heteroatoms. The van der Waals surface area contributed by atoms with E-state index in [9.17, 15) is 0 Å². The van der Waals surface area contributed by atoms with Crippen molar-refractivity contribution in [3.63, 3.8) is 0 Å². The number of aryl methyl sites for hydroxylation is 1. The molecule has 14 heavy (non-hydrogen) atoms. The van der Waals surface area contributed by atoms with Gasteiger partial charge >= 0.3 is 0 Å². The Morgan fingerprint density at radius 3 is 2.36 bits per heavy atom. The van der Waals surface area contributed by atoms with Crippen LogP contribution in [0.15, 0.2) is 12.1 Å². The molecule has 0 spiro atoms. The lowest BCUT2D eigenvalue weighted by Gasteiger charge is -2.16. The summed E-state index contributed by atoms with van der Waals surface area (Å²) >= 11 is 1.83. The molecule has 2 N–H and O–H groups in total.